The highest BCUT2D eigenvalue weighted by Crippen LogP contribution is 2.14. The number of nitrogens with one attached hydrogen (secondary N) is 1. The Hall–Kier alpha value is -1.13. The largest absolute Gasteiger partial charge is 0.314 e. The number of hydrogen-bond donors (Lipinski definition) is 1. The molecule has 4 heteroatoms. The zero-order chi connectivity index (χ0) is 14.4. The minimum absolute atomic E-state index is 0.551. The van der Waals surface area contributed by atoms with Crippen molar-refractivity contribution in [1.29, 1.82) is 0 Å². The lowest BCUT2D eigenvalue weighted by Crippen LogP contribution is -2.31. The summed E-state index contributed by atoms with van der Waals surface area (Å²) in [5.74, 6) is 0. The number of aryl methyl sites for hydroxylation is 3. The van der Waals surface area contributed by atoms with E-state index in [4.69, 9.17) is 0 Å². The quantitative estimate of drug-likeness (QED) is 0.808. The topological polar surface area (TPSA) is 29.9 Å². The van der Waals surface area contributed by atoms with Gasteiger partial charge in [0.1, 0.15) is 0 Å². The molecule has 0 radical (unpaired) electrons. The molecule has 0 saturated heterocycles. The number of hydrogen-bond acceptors (Lipinski definition) is 3. The van der Waals surface area contributed by atoms with Crippen LogP contribution in [0.2, 0.25) is 0 Å². The molecule has 110 valence electrons. The van der Waals surface area contributed by atoms with Crippen LogP contribution in [0.4, 0.5) is 0 Å². The van der Waals surface area contributed by atoms with Crippen LogP contribution in [0.25, 0.3) is 0 Å². The molecule has 2 aromatic rings. The molecular formula is C16H25N3S. The van der Waals surface area contributed by atoms with Gasteiger partial charge in [0.2, 0.25) is 0 Å². The molecule has 0 aliphatic heterocycles. The average Bonchev–Trinajstić information content (AvgIpc) is 3.00. The molecule has 1 atom stereocenters. The minimum atomic E-state index is 0.551. The number of thiophene rings is 1. The van der Waals surface area contributed by atoms with Gasteiger partial charge in [0.15, 0.2) is 0 Å². The molecule has 1 unspecified atom stereocenters. The maximum Gasteiger partial charge on any atom is 0.0596 e. The maximum absolute atomic E-state index is 4.44. The highest BCUT2D eigenvalue weighted by atomic mass is 32.1. The summed E-state index contributed by atoms with van der Waals surface area (Å²) in [5.41, 5.74) is 2.43. The van der Waals surface area contributed by atoms with E-state index in [9.17, 15) is 0 Å². The second-order valence-corrected chi connectivity index (χ2v) is 6.36. The Morgan fingerprint density at radius 1 is 1.45 bits per heavy atom. The van der Waals surface area contributed by atoms with Crippen LogP contribution in [0.5, 0.6) is 0 Å². The van der Waals surface area contributed by atoms with Crippen molar-refractivity contribution < 1.29 is 0 Å². The van der Waals surface area contributed by atoms with Crippen LogP contribution in [0, 0.1) is 6.92 Å². The van der Waals surface area contributed by atoms with Crippen LogP contribution in [0.15, 0.2) is 23.6 Å². The number of likely N-dealkylation sites (N-methyl/N-ethyl adjacent to an activating group) is 1. The molecule has 2 heterocycles. The first-order valence-corrected chi connectivity index (χ1v) is 8.32. The van der Waals surface area contributed by atoms with Crippen molar-refractivity contribution >= 4 is 11.3 Å². The summed E-state index contributed by atoms with van der Waals surface area (Å²) in [6.45, 7) is 5.27. The predicted octanol–water partition coefficient (Wildman–Crippen LogP) is 3.33. The van der Waals surface area contributed by atoms with E-state index in [1.807, 2.05) is 23.1 Å². The summed E-state index contributed by atoms with van der Waals surface area (Å²) < 4.78 is 2.01. The lowest BCUT2D eigenvalue weighted by molar-refractivity contribution is 0.465. The van der Waals surface area contributed by atoms with Gasteiger partial charge < -0.3 is 5.32 Å². The lowest BCUT2D eigenvalue weighted by atomic mass is 10.0. The smallest absolute Gasteiger partial charge is 0.0596 e. The van der Waals surface area contributed by atoms with E-state index < -0.39 is 0 Å². The molecule has 0 amide bonds. The van der Waals surface area contributed by atoms with Crippen LogP contribution >= 0.6 is 11.3 Å². The number of rotatable bonds is 8. The Bertz CT molecular complexity index is 502. The SMILES string of the molecule is CCNC(CCCc1cccs1)Cc1cc(C)nn1C. The first kappa shape index (κ1) is 15.3. The number of nitrogens with zero attached hydrogens (tertiary/aromatic N) is 2. The third-order valence-corrected chi connectivity index (χ3v) is 4.54. The van der Waals surface area contributed by atoms with Crippen molar-refractivity contribution in [3.8, 4) is 0 Å². The van der Waals surface area contributed by atoms with Crippen LogP contribution in [-0.2, 0) is 19.9 Å². The van der Waals surface area contributed by atoms with Crippen LogP contribution in [-0.4, -0.2) is 22.4 Å². The molecule has 0 aromatic carbocycles. The fraction of sp³-hybridized carbons (Fsp3) is 0.562. The van der Waals surface area contributed by atoms with Gasteiger partial charge >= 0.3 is 0 Å². The molecule has 2 aromatic heterocycles. The van der Waals surface area contributed by atoms with Gasteiger partial charge in [-0.2, -0.15) is 5.10 Å². The summed E-state index contributed by atoms with van der Waals surface area (Å²) >= 11 is 1.86. The van der Waals surface area contributed by atoms with Crippen molar-refractivity contribution in [2.24, 2.45) is 7.05 Å². The van der Waals surface area contributed by atoms with Gasteiger partial charge in [0, 0.05) is 30.1 Å². The molecule has 1 N–H and O–H groups in total. The summed E-state index contributed by atoms with van der Waals surface area (Å²) in [6, 6.07) is 7.12. The fourth-order valence-electron chi connectivity index (χ4n) is 2.65. The Balaban J connectivity index is 1.85. The zero-order valence-corrected chi connectivity index (χ0v) is 13.5. The number of aromatic nitrogens is 2. The third-order valence-electron chi connectivity index (χ3n) is 3.60. The second-order valence-electron chi connectivity index (χ2n) is 5.33. The summed E-state index contributed by atoms with van der Waals surface area (Å²) in [5, 5.41) is 10.2. The van der Waals surface area contributed by atoms with E-state index in [2.05, 4.69) is 47.8 Å². The lowest BCUT2D eigenvalue weighted by Gasteiger charge is -2.17. The van der Waals surface area contributed by atoms with Crippen molar-refractivity contribution in [3.63, 3.8) is 0 Å². The van der Waals surface area contributed by atoms with Gasteiger partial charge in [0.05, 0.1) is 5.69 Å². The van der Waals surface area contributed by atoms with Crippen molar-refractivity contribution in [1.82, 2.24) is 15.1 Å². The minimum Gasteiger partial charge on any atom is -0.314 e. The first-order valence-electron chi connectivity index (χ1n) is 7.44. The van der Waals surface area contributed by atoms with E-state index in [0.717, 1.165) is 18.7 Å². The van der Waals surface area contributed by atoms with Crippen molar-refractivity contribution in [3.05, 3.63) is 39.8 Å². The first-order chi connectivity index (χ1) is 9.69. The van der Waals surface area contributed by atoms with Gasteiger partial charge in [-0.15, -0.1) is 11.3 Å². The Labute approximate surface area is 126 Å². The predicted molar refractivity (Wildman–Crippen MR) is 86.4 cm³/mol. The Kier molecular flexibility index (Phi) is 5.80. The molecule has 0 aliphatic rings. The second kappa shape index (κ2) is 7.60. The molecule has 0 fully saturated rings. The molecular weight excluding hydrogens is 266 g/mol. The van der Waals surface area contributed by atoms with Crippen molar-refractivity contribution in [2.75, 3.05) is 6.54 Å². The summed E-state index contributed by atoms with van der Waals surface area (Å²) in [6.07, 6.45) is 4.73. The van der Waals surface area contributed by atoms with Gasteiger partial charge in [-0.25, -0.2) is 0 Å². The third kappa shape index (κ3) is 4.46. The highest BCUT2D eigenvalue weighted by Gasteiger charge is 2.11. The van der Waals surface area contributed by atoms with E-state index in [-0.39, 0.29) is 0 Å². The molecule has 0 saturated carbocycles. The van der Waals surface area contributed by atoms with Crippen molar-refractivity contribution in [2.45, 2.75) is 45.6 Å². The van der Waals surface area contributed by atoms with Crippen LogP contribution in [0.1, 0.15) is 36.0 Å². The summed E-state index contributed by atoms with van der Waals surface area (Å²) in [7, 11) is 2.04. The molecule has 2 rings (SSSR count). The van der Waals surface area contributed by atoms with Crippen LogP contribution in [0.3, 0.4) is 0 Å². The molecule has 0 spiro atoms. The van der Waals surface area contributed by atoms with Gasteiger partial charge in [-0.1, -0.05) is 13.0 Å². The molecule has 20 heavy (non-hydrogen) atoms. The molecule has 0 bridgehead atoms. The highest BCUT2D eigenvalue weighted by molar-refractivity contribution is 7.09. The standard InChI is InChI=1S/C16H25N3S/c1-4-17-14(7-5-8-16-9-6-10-20-16)12-15-11-13(2)18-19(15)3/h6,9-11,14,17H,4-5,7-8,12H2,1-3H3. The Morgan fingerprint density at radius 2 is 2.30 bits per heavy atom. The van der Waals surface area contributed by atoms with Gasteiger partial charge in [-0.3, -0.25) is 4.68 Å². The van der Waals surface area contributed by atoms with E-state index in [1.54, 1.807) is 0 Å². The monoisotopic (exact) mass is 291 g/mol. The maximum atomic E-state index is 4.44. The Morgan fingerprint density at radius 3 is 2.90 bits per heavy atom. The van der Waals surface area contributed by atoms with Crippen LogP contribution < -0.4 is 5.32 Å². The van der Waals surface area contributed by atoms with E-state index in [1.165, 1.54) is 29.8 Å². The van der Waals surface area contributed by atoms with E-state index >= 15 is 0 Å². The summed E-state index contributed by atoms with van der Waals surface area (Å²) in [4.78, 5) is 1.50. The zero-order valence-electron chi connectivity index (χ0n) is 12.7. The van der Waals surface area contributed by atoms with Gasteiger partial charge in [-0.05, 0) is 50.2 Å². The normalized spacial score (nSPS) is 12.8. The van der Waals surface area contributed by atoms with E-state index in [0.29, 0.717) is 6.04 Å². The molecule has 0 aliphatic carbocycles. The average molecular weight is 291 g/mol. The molecule has 3 nitrogen and oxygen atoms in total. The fourth-order valence-corrected chi connectivity index (χ4v) is 3.40. The van der Waals surface area contributed by atoms with Gasteiger partial charge in [0.25, 0.3) is 0 Å².